The topological polar surface area (TPSA) is 149 Å². The van der Waals surface area contributed by atoms with E-state index in [-0.39, 0.29) is 19.4 Å². The Morgan fingerprint density at radius 3 is 1.38 bits per heavy atom. The molecule has 0 aliphatic carbocycles. The first-order chi connectivity index (χ1) is 25.2. The Kier molecular flexibility index (Phi) is 36.6. The summed E-state index contributed by atoms with van der Waals surface area (Å²) >= 11 is 0. The summed E-state index contributed by atoms with van der Waals surface area (Å²) in [6, 6.07) is 0. The van der Waals surface area contributed by atoms with Gasteiger partial charge in [0.15, 0.2) is 6.10 Å². The van der Waals surface area contributed by atoms with Crippen LogP contribution in [0.3, 0.4) is 0 Å². The number of carbonyl (C=O) groups excluding carboxylic acids is 2. The number of carbonyl (C=O) groups is 2. The first kappa shape index (κ1) is 50.5. The highest BCUT2D eigenvalue weighted by atomic mass is 31.2. The first-order valence-electron chi connectivity index (χ1n) is 20.8. The minimum atomic E-state index is -4.61. The van der Waals surface area contributed by atoms with Crippen molar-refractivity contribution in [2.75, 3.05) is 26.4 Å². The summed E-state index contributed by atoms with van der Waals surface area (Å²) < 4.78 is 32.6. The lowest BCUT2D eigenvalue weighted by Crippen LogP contribution is -2.29. The summed E-state index contributed by atoms with van der Waals surface area (Å²) in [5.41, 5.74) is 0. The average Bonchev–Trinajstić information content (AvgIpc) is 3.13. The van der Waals surface area contributed by atoms with Crippen molar-refractivity contribution in [3.63, 3.8) is 0 Å². The molecule has 11 heteroatoms. The van der Waals surface area contributed by atoms with Gasteiger partial charge in [-0.25, -0.2) is 4.57 Å². The first-order valence-corrected chi connectivity index (χ1v) is 22.3. The van der Waals surface area contributed by atoms with E-state index in [0.717, 1.165) is 77.0 Å². The van der Waals surface area contributed by atoms with E-state index in [1.165, 1.54) is 70.6 Å². The summed E-state index contributed by atoms with van der Waals surface area (Å²) in [5.74, 6) is -0.942. The van der Waals surface area contributed by atoms with Gasteiger partial charge in [-0.1, -0.05) is 134 Å². The van der Waals surface area contributed by atoms with Gasteiger partial charge in [0.05, 0.1) is 19.8 Å². The molecule has 0 aromatic rings. The Morgan fingerprint density at radius 1 is 0.558 bits per heavy atom. The molecule has 0 rings (SSSR count). The Bertz CT molecular complexity index is 925. The molecule has 3 atom stereocenters. The van der Waals surface area contributed by atoms with Gasteiger partial charge in [0.2, 0.25) is 0 Å². The molecule has 306 valence electrons. The van der Waals surface area contributed by atoms with E-state index >= 15 is 0 Å². The molecule has 0 saturated heterocycles. The number of ether oxygens (including phenoxy) is 2. The van der Waals surface area contributed by atoms with Crippen LogP contribution in [0.1, 0.15) is 187 Å². The molecule has 0 bridgehead atoms. The molecule has 52 heavy (non-hydrogen) atoms. The number of phosphoric ester groups is 1. The van der Waals surface area contributed by atoms with Crippen LogP contribution in [0, 0.1) is 0 Å². The predicted octanol–water partition coefficient (Wildman–Crippen LogP) is 10.6. The molecule has 0 aromatic carbocycles. The van der Waals surface area contributed by atoms with Crippen LogP contribution in [-0.4, -0.2) is 65.7 Å². The Hall–Kier alpha value is -1.55. The number of allylic oxidation sites excluding steroid dienone is 4. The van der Waals surface area contributed by atoms with Gasteiger partial charge in [-0.05, 0) is 64.2 Å². The normalized spacial score (nSPS) is 14.2. The van der Waals surface area contributed by atoms with Gasteiger partial charge < -0.3 is 24.6 Å². The van der Waals surface area contributed by atoms with Crippen molar-refractivity contribution in [3.05, 3.63) is 24.3 Å². The van der Waals surface area contributed by atoms with E-state index in [4.69, 9.17) is 19.1 Å². The number of unbranched alkanes of at least 4 members (excludes halogenated alkanes) is 21. The van der Waals surface area contributed by atoms with Crippen LogP contribution in [-0.2, 0) is 32.7 Å². The second kappa shape index (κ2) is 37.8. The van der Waals surface area contributed by atoms with E-state index in [9.17, 15) is 24.2 Å². The van der Waals surface area contributed by atoms with Gasteiger partial charge in [0, 0.05) is 12.8 Å². The highest BCUT2D eigenvalue weighted by Gasteiger charge is 2.27. The predicted molar refractivity (Wildman–Crippen MR) is 210 cm³/mol. The van der Waals surface area contributed by atoms with Gasteiger partial charge in [-0.3, -0.25) is 18.6 Å². The number of esters is 2. The van der Waals surface area contributed by atoms with Crippen LogP contribution < -0.4 is 0 Å². The van der Waals surface area contributed by atoms with Crippen molar-refractivity contribution in [2.24, 2.45) is 0 Å². The quantitative estimate of drug-likeness (QED) is 0.0239. The molecule has 0 amide bonds. The van der Waals surface area contributed by atoms with Gasteiger partial charge in [0.1, 0.15) is 12.7 Å². The molecule has 0 aliphatic rings. The third-order valence-electron chi connectivity index (χ3n) is 8.83. The smallest absolute Gasteiger partial charge is 0.462 e. The molecule has 0 heterocycles. The van der Waals surface area contributed by atoms with Crippen molar-refractivity contribution < 1.29 is 47.8 Å². The summed E-state index contributed by atoms with van der Waals surface area (Å²) in [4.78, 5) is 34.9. The lowest BCUT2D eigenvalue weighted by molar-refractivity contribution is -0.161. The summed E-state index contributed by atoms with van der Waals surface area (Å²) in [5, 5.41) is 18.3. The largest absolute Gasteiger partial charge is 0.472 e. The lowest BCUT2D eigenvalue weighted by atomic mass is 10.1. The maximum absolute atomic E-state index is 12.6. The van der Waals surface area contributed by atoms with E-state index in [1.807, 2.05) is 0 Å². The number of aliphatic hydroxyl groups is 2. The number of aliphatic hydroxyl groups excluding tert-OH is 2. The lowest BCUT2D eigenvalue weighted by Gasteiger charge is -2.20. The fraction of sp³-hybridized carbons (Fsp3) is 0.854. The van der Waals surface area contributed by atoms with Crippen LogP contribution in [0.15, 0.2) is 24.3 Å². The van der Waals surface area contributed by atoms with Gasteiger partial charge in [-0.15, -0.1) is 0 Å². The molecule has 3 N–H and O–H groups in total. The van der Waals surface area contributed by atoms with Crippen LogP contribution in [0.5, 0.6) is 0 Å². The van der Waals surface area contributed by atoms with Crippen molar-refractivity contribution in [1.29, 1.82) is 0 Å². The molecule has 0 spiro atoms. The monoisotopic (exact) mass is 761 g/mol. The Balaban J connectivity index is 4.34. The molecule has 10 nitrogen and oxygen atoms in total. The van der Waals surface area contributed by atoms with Crippen molar-refractivity contribution in [2.45, 2.75) is 199 Å². The fourth-order valence-corrected chi connectivity index (χ4v) is 6.36. The van der Waals surface area contributed by atoms with E-state index in [1.54, 1.807) is 0 Å². The molecule has 2 unspecified atom stereocenters. The molecule has 0 saturated carbocycles. The van der Waals surface area contributed by atoms with Crippen molar-refractivity contribution in [1.82, 2.24) is 0 Å². The second-order valence-electron chi connectivity index (χ2n) is 14.0. The number of hydrogen-bond acceptors (Lipinski definition) is 9. The highest BCUT2D eigenvalue weighted by molar-refractivity contribution is 7.47. The maximum atomic E-state index is 12.6. The minimum absolute atomic E-state index is 0.174. The summed E-state index contributed by atoms with van der Waals surface area (Å²) in [7, 11) is -4.61. The third-order valence-corrected chi connectivity index (χ3v) is 9.78. The van der Waals surface area contributed by atoms with Gasteiger partial charge >= 0.3 is 19.8 Å². The molecule has 0 fully saturated rings. The summed E-state index contributed by atoms with van der Waals surface area (Å²) in [6.45, 7) is 2.35. The number of hydrogen-bond donors (Lipinski definition) is 3. The molecule has 0 aliphatic heterocycles. The summed E-state index contributed by atoms with van der Waals surface area (Å²) in [6.07, 6.45) is 35.7. The van der Waals surface area contributed by atoms with Gasteiger partial charge in [0.25, 0.3) is 0 Å². The minimum Gasteiger partial charge on any atom is -0.462 e. The zero-order chi connectivity index (χ0) is 38.4. The standard InChI is InChI=1S/C41H77O10P/c1-3-5-7-9-11-13-15-17-19-21-23-25-27-29-31-33-41(45)51-39(37-50-52(46,47)49-35-38(43)34-42)36-48-40(44)32-30-28-26-24-22-20-18-16-14-12-10-8-6-4-2/h16-19,38-39,42-43H,3-15,20-37H2,1-2H3,(H,46,47)/b18-16-,19-17-/t38?,39-/m1/s1. The zero-order valence-corrected chi connectivity index (χ0v) is 33.9. The van der Waals surface area contributed by atoms with Crippen LogP contribution in [0.25, 0.3) is 0 Å². The van der Waals surface area contributed by atoms with E-state index in [2.05, 4.69) is 42.7 Å². The number of rotatable bonds is 39. The molecule has 0 radical (unpaired) electrons. The maximum Gasteiger partial charge on any atom is 0.472 e. The Labute approximate surface area is 317 Å². The van der Waals surface area contributed by atoms with Crippen LogP contribution in [0.2, 0.25) is 0 Å². The number of phosphoric acid groups is 1. The average molecular weight is 761 g/mol. The molecular formula is C41H77O10P. The van der Waals surface area contributed by atoms with Crippen molar-refractivity contribution >= 4 is 19.8 Å². The molecule has 0 aromatic heterocycles. The molecular weight excluding hydrogens is 683 g/mol. The van der Waals surface area contributed by atoms with Crippen molar-refractivity contribution in [3.8, 4) is 0 Å². The van der Waals surface area contributed by atoms with Gasteiger partial charge in [-0.2, -0.15) is 0 Å². The Morgan fingerprint density at radius 2 is 0.942 bits per heavy atom. The van der Waals surface area contributed by atoms with E-state index < -0.39 is 51.8 Å². The second-order valence-corrected chi connectivity index (χ2v) is 15.5. The third kappa shape index (κ3) is 36.8. The van der Waals surface area contributed by atoms with Crippen LogP contribution in [0.4, 0.5) is 0 Å². The fourth-order valence-electron chi connectivity index (χ4n) is 5.57. The SMILES string of the molecule is CCCCCCC/C=C\CCCCCCCC(=O)OC[C@H](COP(=O)(O)OCC(O)CO)OC(=O)CCCCCCC/C=C\CCCCCCCC. The zero-order valence-electron chi connectivity index (χ0n) is 33.0. The van der Waals surface area contributed by atoms with E-state index in [0.29, 0.717) is 12.8 Å². The highest BCUT2D eigenvalue weighted by Crippen LogP contribution is 2.43. The van der Waals surface area contributed by atoms with Crippen LogP contribution >= 0.6 is 7.82 Å².